The van der Waals surface area contributed by atoms with Crippen LogP contribution in [0.25, 0.3) is 0 Å². The Hall–Kier alpha value is -0.810. The molecule has 2 aromatic rings. The van der Waals surface area contributed by atoms with Crippen LogP contribution >= 0.6 is 31.9 Å². The molecule has 0 spiro atoms. The van der Waals surface area contributed by atoms with Gasteiger partial charge in [0.1, 0.15) is 5.82 Å². The highest BCUT2D eigenvalue weighted by atomic mass is 79.9. The molecular formula is C11H11Br2N3. The Morgan fingerprint density at radius 1 is 1.25 bits per heavy atom. The highest BCUT2D eigenvalue weighted by Crippen LogP contribution is 2.23. The molecule has 1 aromatic carbocycles. The third-order valence-corrected chi connectivity index (χ3v) is 3.85. The van der Waals surface area contributed by atoms with Crippen LogP contribution in [0.3, 0.4) is 0 Å². The van der Waals surface area contributed by atoms with Gasteiger partial charge in [0.05, 0.1) is 16.7 Å². The third kappa shape index (κ3) is 2.30. The van der Waals surface area contributed by atoms with Gasteiger partial charge in [0.15, 0.2) is 0 Å². The summed E-state index contributed by atoms with van der Waals surface area (Å²) in [7, 11) is 0. The number of hydrogen-bond acceptors (Lipinski definition) is 2. The average Bonchev–Trinajstić information content (AvgIpc) is 2.50. The number of nitrogen functional groups attached to an aromatic ring is 1. The quantitative estimate of drug-likeness (QED) is 0.907. The summed E-state index contributed by atoms with van der Waals surface area (Å²) in [5, 5.41) is 4.36. The smallest absolute Gasteiger partial charge is 0.136 e. The van der Waals surface area contributed by atoms with E-state index in [9.17, 15) is 0 Å². The molecule has 5 heteroatoms. The van der Waals surface area contributed by atoms with E-state index < -0.39 is 0 Å². The molecule has 0 unspecified atom stereocenters. The summed E-state index contributed by atoms with van der Waals surface area (Å²) in [6, 6.07) is 8.12. The van der Waals surface area contributed by atoms with Crippen LogP contribution in [0, 0.1) is 6.92 Å². The van der Waals surface area contributed by atoms with Crippen LogP contribution in [-0.4, -0.2) is 9.78 Å². The van der Waals surface area contributed by atoms with E-state index in [4.69, 9.17) is 5.73 Å². The lowest BCUT2D eigenvalue weighted by Gasteiger charge is -2.04. The summed E-state index contributed by atoms with van der Waals surface area (Å²) in [6.07, 6.45) is 0. The molecule has 0 radical (unpaired) electrons. The number of nitrogens with zero attached hydrogens (tertiary/aromatic N) is 2. The second-order valence-corrected chi connectivity index (χ2v) is 5.28. The third-order valence-electron chi connectivity index (χ3n) is 2.34. The molecule has 16 heavy (non-hydrogen) atoms. The minimum atomic E-state index is 0.667. The number of aryl methyl sites for hydroxylation is 1. The van der Waals surface area contributed by atoms with Gasteiger partial charge in [-0.3, -0.25) is 0 Å². The van der Waals surface area contributed by atoms with E-state index in [1.54, 1.807) is 4.68 Å². The summed E-state index contributed by atoms with van der Waals surface area (Å²) in [6.45, 7) is 2.62. The maximum absolute atomic E-state index is 5.93. The number of hydrogen-bond donors (Lipinski definition) is 1. The zero-order valence-corrected chi connectivity index (χ0v) is 11.9. The molecule has 1 aromatic heterocycles. The second kappa shape index (κ2) is 4.59. The first kappa shape index (κ1) is 11.7. The Bertz CT molecular complexity index is 503. The lowest BCUT2D eigenvalue weighted by Crippen LogP contribution is -2.05. The molecule has 0 fully saturated rings. The molecule has 0 saturated carbocycles. The van der Waals surface area contributed by atoms with Crippen molar-refractivity contribution in [2.45, 2.75) is 13.5 Å². The number of halogens is 2. The van der Waals surface area contributed by atoms with Gasteiger partial charge >= 0.3 is 0 Å². The SMILES string of the molecule is Cc1nn(Cc2ccc(Br)cc2)c(N)c1Br. The van der Waals surface area contributed by atoms with Gasteiger partial charge in [0.25, 0.3) is 0 Å². The molecule has 0 aliphatic rings. The maximum atomic E-state index is 5.93. The zero-order valence-electron chi connectivity index (χ0n) is 8.74. The lowest BCUT2D eigenvalue weighted by atomic mass is 10.2. The van der Waals surface area contributed by atoms with Crippen molar-refractivity contribution in [3.63, 3.8) is 0 Å². The highest BCUT2D eigenvalue weighted by molar-refractivity contribution is 9.10. The van der Waals surface area contributed by atoms with Gasteiger partial charge in [-0.1, -0.05) is 28.1 Å². The van der Waals surface area contributed by atoms with Crippen molar-refractivity contribution in [2.75, 3.05) is 5.73 Å². The van der Waals surface area contributed by atoms with E-state index in [2.05, 4.69) is 49.1 Å². The largest absolute Gasteiger partial charge is 0.383 e. The predicted octanol–water partition coefficient (Wildman–Crippen LogP) is 3.35. The van der Waals surface area contributed by atoms with Crippen LogP contribution in [0.4, 0.5) is 5.82 Å². The standard InChI is InChI=1S/C11H11Br2N3/c1-7-10(13)11(14)16(15-7)6-8-2-4-9(12)5-3-8/h2-5H,6,14H2,1H3. The minimum Gasteiger partial charge on any atom is -0.383 e. The van der Waals surface area contributed by atoms with Crippen molar-refractivity contribution in [2.24, 2.45) is 0 Å². The molecule has 0 amide bonds. The Morgan fingerprint density at radius 3 is 2.38 bits per heavy atom. The van der Waals surface area contributed by atoms with Crippen LogP contribution in [0.1, 0.15) is 11.3 Å². The lowest BCUT2D eigenvalue weighted by molar-refractivity contribution is 0.689. The van der Waals surface area contributed by atoms with Crippen LogP contribution in [0.15, 0.2) is 33.2 Å². The van der Waals surface area contributed by atoms with Crippen LogP contribution < -0.4 is 5.73 Å². The summed E-state index contributed by atoms with van der Waals surface area (Å²) in [5.41, 5.74) is 8.01. The van der Waals surface area contributed by atoms with Crippen molar-refractivity contribution < 1.29 is 0 Å². The van der Waals surface area contributed by atoms with Crippen molar-refractivity contribution in [3.8, 4) is 0 Å². The van der Waals surface area contributed by atoms with Crippen LogP contribution in [0.2, 0.25) is 0 Å². The fourth-order valence-corrected chi connectivity index (χ4v) is 2.01. The summed E-state index contributed by atoms with van der Waals surface area (Å²) >= 11 is 6.82. The number of anilines is 1. The monoisotopic (exact) mass is 343 g/mol. The molecular weight excluding hydrogens is 334 g/mol. The molecule has 1 heterocycles. The van der Waals surface area contributed by atoms with Crippen molar-refractivity contribution in [1.29, 1.82) is 0 Å². The zero-order chi connectivity index (χ0) is 11.7. The van der Waals surface area contributed by atoms with E-state index in [0.29, 0.717) is 12.4 Å². The fraction of sp³-hybridized carbons (Fsp3) is 0.182. The van der Waals surface area contributed by atoms with Crippen molar-refractivity contribution in [1.82, 2.24) is 9.78 Å². The molecule has 0 bridgehead atoms. The van der Waals surface area contributed by atoms with Crippen molar-refractivity contribution >= 4 is 37.7 Å². The van der Waals surface area contributed by atoms with Gasteiger partial charge in [0.2, 0.25) is 0 Å². The Balaban J connectivity index is 2.27. The predicted molar refractivity (Wildman–Crippen MR) is 72.3 cm³/mol. The fourth-order valence-electron chi connectivity index (χ4n) is 1.46. The van der Waals surface area contributed by atoms with Crippen molar-refractivity contribution in [3.05, 3.63) is 44.5 Å². The molecule has 0 aliphatic carbocycles. The van der Waals surface area contributed by atoms with Gasteiger partial charge in [0, 0.05) is 4.47 Å². The number of aromatic nitrogens is 2. The van der Waals surface area contributed by atoms with Gasteiger partial charge in [-0.15, -0.1) is 0 Å². The van der Waals surface area contributed by atoms with Gasteiger partial charge < -0.3 is 5.73 Å². The van der Waals surface area contributed by atoms with E-state index in [0.717, 1.165) is 14.6 Å². The topological polar surface area (TPSA) is 43.8 Å². The molecule has 0 saturated heterocycles. The number of nitrogens with two attached hydrogens (primary N) is 1. The minimum absolute atomic E-state index is 0.667. The van der Waals surface area contributed by atoms with Crippen LogP contribution in [-0.2, 0) is 6.54 Å². The second-order valence-electron chi connectivity index (χ2n) is 3.57. The van der Waals surface area contributed by atoms with E-state index >= 15 is 0 Å². The number of benzene rings is 1. The summed E-state index contributed by atoms with van der Waals surface area (Å²) in [4.78, 5) is 0. The molecule has 0 aliphatic heterocycles. The summed E-state index contributed by atoms with van der Waals surface area (Å²) < 4.78 is 3.74. The summed E-state index contributed by atoms with van der Waals surface area (Å²) in [5.74, 6) is 0.667. The number of rotatable bonds is 2. The first-order chi connectivity index (χ1) is 7.58. The Labute approximate surface area is 111 Å². The van der Waals surface area contributed by atoms with Crippen LogP contribution in [0.5, 0.6) is 0 Å². The molecule has 3 nitrogen and oxygen atoms in total. The Kier molecular flexibility index (Phi) is 3.35. The first-order valence-corrected chi connectivity index (χ1v) is 6.39. The van der Waals surface area contributed by atoms with E-state index in [1.807, 2.05) is 19.1 Å². The van der Waals surface area contributed by atoms with Gasteiger partial charge in [-0.25, -0.2) is 4.68 Å². The van der Waals surface area contributed by atoms with E-state index in [1.165, 1.54) is 5.56 Å². The average molecular weight is 345 g/mol. The first-order valence-electron chi connectivity index (χ1n) is 4.81. The maximum Gasteiger partial charge on any atom is 0.136 e. The highest BCUT2D eigenvalue weighted by Gasteiger charge is 2.09. The molecule has 2 N–H and O–H groups in total. The Morgan fingerprint density at radius 2 is 1.88 bits per heavy atom. The van der Waals surface area contributed by atoms with Gasteiger partial charge in [-0.2, -0.15) is 5.10 Å². The van der Waals surface area contributed by atoms with Gasteiger partial charge in [-0.05, 0) is 40.5 Å². The molecule has 2 rings (SSSR count). The molecule has 84 valence electrons. The van der Waals surface area contributed by atoms with E-state index in [-0.39, 0.29) is 0 Å². The normalized spacial score (nSPS) is 10.7. The molecule has 0 atom stereocenters.